The molecule has 0 aliphatic heterocycles. The SMILES string of the molecule is CC/C(=C/c1ccc(SC)cc1)[N+](=O)[O-]. The van der Waals surface area contributed by atoms with Crippen LogP contribution in [-0.2, 0) is 0 Å². The molecule has 0 aromatic heterocycles. The van der Waals surface area contributed by atoms with Gasteiger partial charge in [-0.3, -0.25) is 10.1 Å². The lowest BCUT2D eigenvalue weighted by atomic mass is 10.2. The van der Waals surface area contributed by atoms with Gasteiger partial charge in [-0.2, -0.15) is 0 Å². The summed E-state index contributed by atoms with van der Waals surface area (Å²) in [4.78, 5) is 11.4. The lowest BCUT2D eigenvalue weighted by Gasteiger charge is -1.98. The Labute approximate surface area is 93.3 Å². The normalized spacial score (nSPS) is 11.5. The van der Waals surface area contributed by atoms with Gasteiger partial charge in [-0.05, 0) is 24.0 Å². The van der Waals surface area contributed by atoms with Crippen LogP contribution in [0.4, 0.5) is 0 Å². The zero-order chi connectivity index (χ0) is 11.3. The average molecular weight is 223 g/mol. The van der Waals surface area contributed by atoms with E-state index in [9.17, 15) is 10.1 Å². The van der Waals surface area contributed by atoms with Crippen LogP contribution in [0.15, 0.2) is 34.9 Å². The minimum Gasteiger partial charge on any atom is -0.259 e. The molecule has 1 aromatic carbocycles. The maximum absolute atomic E-state index is 10.6. The molecular formula is C11H13NO2S. The highest BCUT2D eigenvalue weighted by Crippen LogP contribution is 2.17. The first-order valence-electron chi connectivity index (χ1n) is 4.66. The van der Waals surface area contributed by atoms with Gasteiger partial charge in [0, 0.05) is 17.4 Å². The van der Waals surface area contributed by atoms with E-state index in [0.717, 1.165) is 10.5 Å². The summed E-state index contributed by atoms with van der Waals surface area (Å²) >= 11 is 1.65. The summed E-state index contributed by atoms with van der Waals surface area (Å²) in [5.74, 6) is 0. The zero-order valence-corrected chi connectivity index (χ0v) is 9.58. The van der Waals surface area contributed by atoms with Gasteiger partial charge in [-0.1, -0.05) is 19.1 Å². The Balaban J connectivity index is 2.92. The van der Waals surface area contributed by atoms with Crippen molar-refractivity contribution in [3.8, 4) is 0 Å². The van der Waals surface area contributed by atoms with E-state index in [1.807, 2.05) is 30.5 Å². The van der Waals surface area contributed by atoms with Crippen molar-refractivity contribution in [1.29, 1.82) is 0 Å². The summed E-state index contributed by atoms with van der Waals surface area (Å²) in [5.41, 5.74) is 1.12. The van der Waals surface area contributed by atoms with Crippen molar-refractivity contribution < 1.29 is 4.92 Å². The molecule has 0 spiro atoms. The van der Waals surface area contributed by atoms with E-state index in [-0.39, 0.29) is 10.6 Å². The maximum Gasteiger partial charge on any atom is 0.246 e. The van der Waals surface area contributed by atoms with Gasteiger partial charge in [0.2, 0.25) is 5.70 Å². The summed E-state index contributed by atoms with van der Waals surface area (Å²) in [6, 6.07) is 7.71. The van der Waals surface area contributed by atoms with Crippen molar-refractivity contribution in [1.82, 2.24) is 0 Å². The molecule has 0 heterocycles. The Morgan fingerprint density at radius 2 is 2.07 bits per heavy atom. The molecular weight excluding hydrogens is 210 g/mol. The molecule has 0 atom stereocenters. The van der Waals surface area contributed by atoms with Crippen LogP contribution < -0.4 is 0 Å². The third kappa shape index (κ3) is 3.40. The Hall–Kier alpha value is -1.29. The van der Waals surface area contributed by atoms with Gasteiger partial charge in [0.1, 0.15) is 0 Å². The van der Waals surface area contributed by atoms with Crippen molar-refractivity contribution in [2.24, 2.45) is 0 Å². The highest BCUT2D eigenvalue weighted by atomic mass is 32.2. The zero-order valence-electron chi connectivity index (χ0n) is 8.77. The molecule has 0 saturated heterocycles. The molecule has 0 amide bonds. The molecule has 0 unspecified atom stereocenters. The molecule has 1 rings (SSSR count). The van der Waals surface area contributed by atoms with Crippen LogP contribution in [0.25, 0.3) is 6.08 Å². The molecule has 1 aromatic rings. The summed E-state index contributed by atoms with van der Waals surface area (Å²) < 4.78 is 0. The highest BCUT2D eigenvalue weighted by molar-refractivity contribution is 7.98. The van der Waals surface area contributed by atoms with Gasteiger partial charge in [0.25, 0.3) is 0 Å². The first kappa shape index (κ1) is 11.8. The van der Waals surface area contributed by atoms with Crippen LogP contribution in [0.5, 0.6) is 0 Å². The molecule has 0 saturated carbocycles. The lowest BCUT2D eigenvalue weighted by Crippen LogP contribution is -1.96. The first-order valence-corrected chi connectivity index (χ1v) is 5.89. The molecule has 0 aliphatic rings. The van der Waals surface area contributed by atoms with E-state index >= 15 is 0 Å². The minimum absolute atomic E-state index is 0.243. The Kier molecular flexibility index (Phi) is 4.37. The van der Waals surface area contributed by atoms with Gasteiger partial charge >= 0.3 is 0 Å². The van der Waals surface area contributed by atoms with Gasteiger partial charge < -0.3 is 0 Å². The maximum atomic E-state index is 10.6. The Morgan fingerprint density at radius 3 is 2.47 bits per heavy atom. The van der Waals surface area contributed by atoms with Crippen LogP contribution in [0, 0.1) is 10.1 Å². The summed E-state index contributed by atoms with van der Waals surface area (Å²) in [6.45, 7) is 1.78. The van der Waals surface area contributed by atoms with Crippen LogP contribution in [0.1, 0.15) is 18.9 Å². The highest BCUT2D eigenvalue weighted by Gasteiger charge is 2.06. The van der Waals surface area contributed by atoms with Gasteiger partial charge in [0.15, 0.2) is 0 Å². The number of hydrogen-bond acceptors (Lipinski definition) is 3. The van der Waals surface area contributed by atoms with E-state index < -0.39 is 0 Å². The minimum atomic E-state index is -0.331. The van der Waals surface area contributed by atoms with Gasteiger partial charge in [0.05, 0.1) is 4.92 Å². The standard InChI is InChI=1S/C11H13NO2S/c1-3-10(12(13)14)8-9-4-6-11(15-2)7-5-9/h4-8H,3H2,1-2H3/b10-8-. The number of nitro groups is 1. The Morgan fingerprint density at radius 1 is 1.47 bits per heavy atom. The predicted octanol–water partition coefficient (Wildman–Crippen LogP) is 3.44. The van der Waals surface area contributed by atoms with Gasteiger partial charge in [-0.25, -0.2) is 0 Å². The molecule has 0 bridgehead atoms. The first-order chi connectivity index (χ1) is 7.17. The fourth-order valence-corrected chi connectivity index (χ4v) is 1.58. The second-order valence-corrected chi connectivity index (χ2v) is 3.90. The monoisotopic (exact) mass is 223 g/mol. The summed E-state index contributed by atoms with van der Waals surface area (Å²) in [6.07, 6.45) is 4.06. The molecule has 0 radical (unpaired) electrons. The average Bonchev–Trinajstić information content (AvgIpc) is 2.26. The lowest BCUT2D eigenvalue weighted by molar-refractivity contribution is -0.425. The van der Waals surface area contributed by atoms with Crippen molar-refractivity contribution >= 4 is 17.8 Å². The third-order valence-electron chi connectivity index (χ3n) is 2.05. The fourth-order valence-electron chi connectivity index (χ4n) is 1.18. The van der Waals surface area contributed by atoms with Gasteiger partial charge in [-0.15, -0.1) is 11.8 Å². The molecule has 0 fully saturated rings. The topological polar surface area (TPSA) is 43.1 Å². The van der Waals surface area contributed by atoms with Crippen LogP contribution in [-0.4, -0.2) is 11.2 Å². The van der Waals surface area contributed by atoms with E-state index in [2.05, 4.69) is 0 Å². The summed E-state index contributed by atoms with van der Waals surface area (Å²) in [7, 11) is 0. The van der Waals surface area contributed by atoms with Crippen molar-refractivity contribution in [3.05, 3.63) is 45.6 Å². The number of nitrogens with zero attached hydrogens (tertiary/aromatic N) is 1. The second kappa shape index (κ2) is 5.56. The van der Waals surface area contributed by atoms with E-state index in [1.54, 1.807) is 24.8 Å². The number of rotatable bonds is 4. The Bertz CT molecular complexity index is 371. The van der Waals surface area contributed by atoms with Crippen LogP contribution in [0.2, 0.25) is 0 Å². The predicted molar refractivity (Wildman–Crippen MR) is 63.5 cm³/mol. The molecule has 0 N–H and O–H groups in total. The van der Waals surface area contributed by atoms with Crippen molar-refractivity contribution in [2.45, 2.75) is 18.2 Å². The fraction of sp³-hybridized carbons (Fsp3) is 0.273. The van der Waals surface area contributed by atoms with E-state index in [4.69, 9.17) is 0 Å². The molecule has 15 heavy (non-hydrogen) atoms. The van der Waals surface area contributed by atoms with Crippen molar-refractivity contribution in [2.75, 3.05) is 6.26 Å². The summed E-state index contributed by atoms with van der Waals surface area (Å²) in [5, 5.41) is 10.6. The molecule has 0 aliphatic carbocycles. The van der Waals surface area contributed by atoms with Crippen LogP contribution in [0.3, 0.4) is 0 Å². The smallest absolute Gasteiger partial charge is 0.246 e. The third-order valence-corrected chi connectivity index (χ3v) is 2.79. The van der Waals surface area contributed by atoms with E-state index in [1.165, 1.54) is 0 Å². The molecule has 80 valence electrons. The number of thioether (sulfide) groups is 1. The van der Waals surface area contributed by atoms with Crippen LogP contribution >= 0.6 is 11.8 Å². The quantitative estimate of drug-likeness (QED) is 0.446. The molecule has 4 heteroatoms. The van der Waals surface area contributed by atoms with E-state index in [0.29, 0.717) is 6.42 Å². The number of benzene rings is 1. The largest absolute Gasteiger partial charge is 0.259 e. The number of hydrogen-bond donors (Lipinski definition) is 0. The number of allylic oxidation sites excluding steroid dienone is 1. The second-order valence-electron chi connectivity index (χ2n) is 3.02. The molecule has 3 nitrogen and oxygen atoms in total. The van der Waals surface area contributed by atoms with Crippen molar-refractivity contribution in [3.63, 3.8) is 0 Å².